The van der Waals surface area contributed by atoms with Crippen LogP contribution < -0.4 is 0 Å². The summed E-state index contributed by atoms with van der Waals surface area (Å²) in [7, 11) is 0. The highest BCUT2D eigenvalue weighted by atomic mass is 16.3. The van der Waals surface area contributed by atoms with Gasteiger partial charge in [0, 0.05) is 18.7 Å². The van der Waals surface area contributed by atoms with Crippen molar-refractivity contribution in [2.45, 2.75) is 77.4 Å². The van der Waals surface area contributed by atoms with Crippen molar-refractivity contribution >= 4 is 0 Å². The van der Waals surface area contributed by atoms with Crippen molar-refractivity contribution in [2.75, 3.05) is 0 Å². The highest BCUT2D eigenvalue weighted by molar-refractivity contribution is 5.05. The van der Waals surface area contributed by atoms with Gasteiger partial charge in [-0.1, -0.05) is 26.7 Å². The van der Waals surface area contributed by atoms with Gasteiger partial charge < -0.3 is 5.11 Å². The Morgan fingerprint density at radius 3 is 3.00 bits per heavy atom. The second kappa shape index (κ2) is 6.08. The van der Waals surface area contributed by atoms with Crippen LogP contribution in [0.5, 0.6) is 0 Å². The second-order valence-corrected chi connectivity index (χ2v) is 6.48. The van der Waals surface area contributed by atoms with Gasteiger partial charge in [0.2, 0.25) is 0 Å². The van der Waals surface area contributed by atoms with E-state index in [4.69, 9.17) is 0 Å². The number of aliphatic hydroxyl groups is 1. The lowest BCUT2D eigenvalue weighted by molar-refractivity contribution is 0.0233. The molecular formula is C16H28N2O. The predicted molar refractivity (Wildman–Crippen MR) is 78.1 cm³/mol. The number of hydrogen-bond acceptors (Lipinski definition) is 2. The van der Waals surface area contributed by atoms with E-state index in [-0.39, 0.29) is 0 Å². The van der Waals surface area contributed by atoms with Crippen LogP contribution in [0.15, 0.2) is 12.3 Å². The maximum absolute atomic E-state index is 10.8. The Morgan fingerprint density at radius 1 is 1.47 bits per heavy atom. The molecule has 3 unspecified atom stereocenters. The fourth-order valence-electron chi connectivity index (χ4n) is 2.98. The lowest BCUT2D eigenvalue weighted by Crippen LogP contribution is -2.31. The highest BCUT2D eigenvalue weighted by Gasteiger charge is 2.30. The van der Waals surface area contributed by atoms with Gasteiger partial charge in [0.25, 0.3) is 0 Å². The molecule has 1 aliphatic carbocycles. The minimum Gasteiger partial charge on any atom is -0.389 e. The van der Waals surface area contributed by atoms with Gasteiger partial charge in [-0.05, 0) is 44.6 Å². The molecule has 1 aliphatic rings. The molecule has 1 saturated carbocycles. The average Bonchev–Trinajstić information content (AvgIpc) is 2.77. The third-order valence-electron chi connectivity index (χ3n) is 4.66. The van der Waals surface area contributed by atoms with Gasteiger partial charge in [-0.2, -0.15) is 5.10 Å². The zero-order valence-electron chi connectivity index (χ0n) is 12.6. The van der Waals surface area contributed by atoms with E-state index in [1.165, 1.54) is 6.42 Å². The normalized spacial score (nSPS) is 30.0. The third-order valence-corrected chi connectivity index (χ3v) is 4.66. The summed E-state index contributed by atoms with van der Waals surface area (Å²) in [5.41, 5.74) is 0.511. The first-order chi connectivity index (χ1) is 9.02. The third kappa shape index (κ3) is 3.82. The Labute approximate surface area is 117 Å². The molecule has 0 aromatic carbocycles. The van der Waals surface area contributed by atoms with Crippen LogP contribution in [0.25, 0.3) is 0 Å². The quantitative estimate of drug-likeness (QED) is 0.841. The fourth-order valence-corrected chi connectivity index (χ4v) is 2.98. The molecule has 0 bridgehead atoms. The summed E-state index contributed by atoms with van der Waals surface area (Å²) >= 11 is 0. The first kappa shape index (κ1) is 14.6. The zero-order chi connectivity index (χ0) is 13.9. The van der Waals surface area contributed by atoms with Crippen molar-refractivity contribution in [1.82, 2.24) is 9.78 Å². The van der Waals surface area contributed by atoms with E-state index in [0.29, 0.717) is 12.5 Å². The summed E-state index contributed by atoms with van der Waals surface area (Å²) in [6, 6.07) is 2.51. The topological polar surface area (TPSA) is 38.0 Å². The summed E-state index contributed by atoms with van der Waals surface area (Å²) in [5.74, 6) is 0.756. The molecule has 19 heavy (non-hydrogen) atoms. The molecule has 1 N–H and O–H groups in total. The van der Waals surface area contributed by atoms with Crippen molar-refractivity contribution < 1.29 is 5.11 Å². The largest absolute Gasteiger partial charge is 0.389 e. The molecule has 1 aromatic heterocycles. The number of nitrogens with zero attached hydrogens (tertiary/aromatic N) is 2. The van der Waals surface area contributed by atoms with Crippen molar-refractivity contribution in [3.8, 4) is 0 Å². The molecule has 1 fully saturated rings. The Balaban J connectivity index is 2.01. The number of rotatable bonds is 4. The van der Waals surface area contributed by atoms with Gasteiger partial charge in [0.1, 0.15) is 0 Å². The van der Waals surface area contributed by atoms with Crippen LogP contribution in [0, 0.1) is 5.92 Å². The molecule has 0 saturated heterocycles. The van der Waals surface area contributed by atoms with Gasteiger partial charge in [0.05, 0.1) is 11.3 Å². The van der Waals surface area contributed by atoms with Gasteiger partial charge >= 0.3 is 0 Å². The predicted octanol–water partition coefficient (Wildman–Crippen LogP) is 3.73. The number of aromatic nitrogens is 2. The van der Waals surface area contributed by atoms with Crippen LogP contribution in [0.3, 0.4) is 0 Å². The molecule has 1 heterocycles. The van der Waals surface area contributed by atoms with E-state index >= 15 is 0 Å². The second-order valence-electron chi connectivity index (χ2n) is 6.48. The van der Waals surface area contributed by atoms with E-state index in [1.54, 1.807) is 0 Å². The van der Waals surface area contributed by atoms with Gasteiger partial charge in [0.15, 0.2) is 0 Å². The molecular weight excluding hydrogens is 236 g/mol. The van der Waals surface area contributed by atoms with E-state index < -0.39 is 5.60 Å². The molecule has 2 rings (SSSR count). The van der Waals surface area contributed by atoms with E-state index in [1.807, 2.05) is 10.9 Å². The molecule has 0 aliphatic heterocycles. The summed E-state index contributed by atoms with van der Waals surface area (Å²) in [5, 5.41) is 15.4. The summed E-state index contributed by atoms with van der Waals surface area (Å²) in [4.78, 5) is 0. The molecule has 3 atom stereocenters. The van der Waals surface area contributed by atoms with Crippen LogP contribution in [0.2, 0.25) is 0 Å². The molecule has 0 amide bonds. The Kier molecular flexibility index (Phi) is 4.67. The monoisotopic (exact) mass is 264 g/mol. The molecule has 3 nitrogen and oxygen atoms in total. The Morgan fingerprint density at radius 2 is 2.26 bits per heavy atom. The lowest BCUT2D eigenvalue weighted by Gasteiger charge is -2.25. The van der Waals surface area contributed by atoms with Crippen LogP contribution in [0.1, 0.15) is 71.0 Å². The SMILES string of the molecule is CCC(C)n1ccc(CC2(O)CCCC(C)CC2)n1. The van der Waals surface area contributed by atoms with Crippen LogP contribution >= 0.6 is 0 Å². The van der Waals surface area contributed by atoms with Gasteiger partial charge in [-0.3, -0.25) is 4.68 Å². The van der Waals surface area contributed by atoms with Crippen LogP contribution in [0.4, 0.5) is 0 Å². The van der Waals surface area contributed by atoms with Crippen molar-refractivity contribution in [3.63, 3.8) is 0 Å². The van der Waals surface area contributed by atoms with Crippen LogP contribution in [-0.4, -0.2) is 20.5 Å². The number of hydrogen-bond donors (Lipinski definition) is 1. The van der Waals surface area contributed by atoms with E-state index in [0.717, 1.165) is 43.7 Å². The molecule has 108 valence electrons. The minimum atomic E-state index is -0.528. The molecule has 0 radical (unpaired) electrons. The van der Waals surface area contributed by atoms with Gasteiger partial charge in [-0.15, -0.1) is 0 Å². The Bertz CT molecular complexity index is 401. The minimum absolute atomic E-state index is 0.442. The first-order valence-corrected chi connectivity index (χ1v) is 7.79. The molecule has 1 aromatic rings. The van der Waals surface area contributed by atoms with Crippen molar-refractivity contribution in [3.05, 3.63) is 18.0 Å². The lowest BCUT2D eigenvalue weighted by atomic mass is 9.89. The molecule has 3 heteroatoms. The fraction of sp³-hybridized carbons (Fsp3) is 0.812. The zero-order valence-corrected chi connectivity index (χ0v) is 12.6. The smallest absolute Gasteiger partial charge is 0.0703 e. The summed E-state index contributed by atoms with van der Waals surface area (Å²) in [6.45, 7) is 6.65. The standard InChI is InChI=1S/C16H28N2O/c1-4-14(3)18-11-8-15(17-18)12-16(19)9-5-6-13(2)7-10-16/h8,11,13-14,19H,4-7,9-10,12H2,1-3H3. The van der Waals surface area contributed by atoms with Crippen molar-refractivity contribution in [2.24, 2.45) is 5.92 Å². The van der Waals surface area contributed by atoms with Crippen molar-refractivity contribution in [1.29, 1.82) is 0 Å². The first-order valence-electron chi connectivity index (χ1n) is 7.79. The summed E-state index contributed by atoms with van der Waals surface area (Å²) < 4.78 is 2.03. The highest BCUT2D eigenvalue weighted by Crippen LogP contribution is 2.32. The maximum atomic E-state index is 10.8. The average molecular weight is 264 g/mol. The van der Waals surface area contributed by atoms with Gasteiger partial charge in [-0.25, -0.2) is 0 Å². The maximum Gasteiger partial charge on any atom is 0.0703 e. The van der Waals surface area contributed by atoms with Crippen LogP contribution in [-0.2, 0) is 6.42 Å². The van der Waals surface area contributed by atoms with E-state index in [2.05, 4.69) is 31.9 Å². The summed E-state index contributed by atoms with van der Waals surface area (Å²) in [6.07, 6.45) is 9.23. The molecule has 0 spiro atoms. The van der Waals surface area contributed by atoms with E-state index in [9.17, 15) is 5.11 Å². The Hall–Kier alpha value is -0.830.